The van der Waals surface area contributed by atoms with Crippen molar-refractivity contribution in [2.45, 2.75) is 38.9 Å². The second kappa shape index (κ2) is 3.13. The lowest BCUT2D eigenvalue weighted by molar-refractivity contribution is 0.325. The van der Waals surface area contributed by atoms with Gasteiger partial charge in [-0.2, -0.15) is 12.6 Å². The molecule has 0 aliphatic rings. The maximum absolute atomic E-state index is 5.25. The molecule has 0 aliphatic carbocycles. The van der Waals surface area contributed by atoms with Gasteiger partial charge in [0.2, 0.25) is 0 Å². The first-order chi connectivity index (χ1) is 5.46. The molecule has 0 unspecified atom stereocenters. The van der Waals surface area contributed by atoms with Crippen LogP contribution in [0.3, 0.4) is 0 Å². The molecule has 1 rings (SSSR count). The van der Waals surface area contributed by atoms with E-state index in [2.05, 4.69) is 38.6 Å². The summed E-state index contributed by atoms with van der Waals surface area (Å²) >= 11 is 4.17. The van der Waals surface area contributed by atoms with E-state index in [0.29, 0.717) is 5.75 Å². The number of hydrogen-bond acceptors (Lipinski definition) is 3. The molecule has 0 aliphatic heterocycles. The highest BCUT2D eigenvalue weighted by Gasteiger charge is 2.23. The van der Waals surface area contributed by atoms with Crippen LogP contribution in [0, 0.1) is 6.92 Å². The van der Waals surface area contributed by atoms with E-state index in [1.54, 1.807) is 0 Å². The summed E-state index contributed by atoms with van der Waals surface area (Å²) in [6, 6.07) is 0. The molecular weight excluding hydrogens is 170 g/mol. The fourth-order valence-corrected chi connectivity index (χ4v) is 1.51. The molecule has 0 bridgehead atoms. The summed E-state index contributed by atoms with van der Waals surface area (Å²) in [5.74, 6) is 1.61. The zero-order valence-electron chi connectivity index (χ0n) is 8.01. The minimum absolute atomic E-state index is 0.0400. The molecule has 0 radical (unpaired) electrons. The van der Waals surface area contributed by atoms with Gasteiger partial charge in [0.05, 0.1) is 5.69 Å². The van der Waals surface area contributed by atoms with Crippen LogP contribution >= 0.6 is 12.6 Å². The topological polar surface area (TPSA) is 26.0 Å². The highest BCUT2D eigenvalue weighted by molar-refractivity contribution is 7.79. The Morgan fingerprint density at radius 2 is 2.00 bits per heavy atom. The smallest absolute Gasteiger partial charge is 0.145 e. The number of rotatable bonds is 1. The van der Waals surface area contributed by atoms with Gasteiger partial charge in [-0.15, -0.1) is 0 Å². The average molecular weight is 185 g/mol. The van der Waals surface area contributed by atoms with E-state index >= 15 is 0 Å². The average Bonchev–Trinajstić information content (AvgIpc) is 2.29. The zero-order valence-corrected chi connectivity index (χ0v) is 8.90. The van der Waals surface area contributed by atoms with Crippen molar-refractivity contribution in [2.75, 3.05) is 0 Å². The van der Waals surface area contributed by atoms with Gasteiger partial charge in [0.25, 0.3) is 0 Å². The van der Waals surface area contributed by atoms with Gasteiger partial charge in [-0.1, -0.05) is 25.9 Å². The Kier molecular flexibility index (Phi) is 2.52. The quantitative estimate of drug-likeness (QED) is 0.681. The molecule has 0 saturated heterocycles. The Bertz CT molecular complexity index is 273. The number of aromatic nitrogens is 1. The highest BCUT2D eigenvalue weighted by Crippen LogP contribution is 2.27. The minimum Gasteiger partial charge on any atom is -0.360 e. The van der Waals surface area contributed by atoms with Gasteiger partial charge in [0, 0.05) is 16.7 Å². The van der Waals surface area contributed by atoms with Crippen molar-refractivity contribution < 1.29 is 4.52 Å². The van der Waals surface area contributed by atoms with Gasteiger partial charge < -0.3 is 4.52 Å². The van der Waals surface area contributed by atoms with Gasteiger partial charge in [-0.05, 0) is 6.92 Å². The molecule has 68 valence electrons. The first-order valence-electron chi connectivity index (χ1n) is 4.03. The summed E-state index contributed by atoms with van der Waals surface area (Å²) in [5.41, 5.74) is 2.12. The van der Waals surface area contributed by atoms with Gasteiger partial charge in [0.15, 0.2) is 0 Å². The number of thiol groups is 1. The molecular formula is C9H15NOS. The lowest BCUT2D eigenvalue weighted by Gasteiger charge is -2.14. The number of nitrogens with zero attached hydrogens (tertiary/aromatic N) is 1. The van der Waals surface area contributed by atoms with Crippen molar-refractivity contribution >= 4 is 12.6 Å². The van der Waals surface area contributed by atoms with Crippen LogP contribution in [0.4, 0.5) is 0 Å². The summed E-state index contributed by atoms with van der Waals surface area (Å²) in [7, 11) is 0. The molecule has 0 atom stereocenters. The Balaban J connectivity index is 3.11. The molecule has 0 N–H and O–H groups in total. The molecule has 1 aromatic rings. The standard InChI is InChI=1S/C9H15NOS/c1-6-7(5-12)10-11-8(6)9(2,3)4/h12H,5H2,1-4H3. The maximum Gasteiger partial charge on any atom is 0.145 e. The molecule has 1 aromatic heterocycles. The van der Waals surface area contributed by atoms with E-state index in [9.17, 15) is 0 Å². The Morgan fingerprint density at radius 3 is 2.25 bits per heavy atom. The van der Waals surface area contributed by atoms with Gasteiger partial charge >= 0.3 is 0 Å². The molecule has 0 spiro atoms. The molecule has 0 amide bonds. The monoisotopic (exact) mass is 185 g/mol. The number of hydrogen-bond donors (Lipinski definition) is 1. The third-order valence-corrected chi connectivity index (χ3v) is 2.15. The van der Waals surface area contributed by atoms with Crippen molar-refractivity contribution in [1.29, 1.82) is 0 Å². The lowest BCUT2D eigenvalue weighted by atomic mass is 9.90. The van der Waals surface area contributed by atoms with Gasteiger partial charge in [0.1, 0.15) is 5.76 Å². The minimum atomic E-state index is 0.0400. The van der Waals surface area contributed by atoms with E-state index in [4.69, 9.17) is 4.52 Å². The largest absolute Gasteiger partial charge is 0.360 e. The Morgan fingerprint density at radius 1 is 1.42 bits per heavy atom. The summed E-state index contributed by atoms with van der Waals surface area (Å²) in [6.45, 7) is 8.37. The van der Waals surface area contributed by atoms with Crippen molar-refractivity contribution in [1.82, 2.24) is 5.16 Å². The van der Waals surface area contributed by atoms with Crippen molar-refractivity contribution in [3.8, 4) is 0 Å². The van der Waals surface area contributed by atoms with Crippen LogP contribution in [0.15, 0.2) is 4.52 Å². The predicted octanol–water partition coefficient (Wildman–Crippen LogP) is 2.71. The molecule has 0 fully saturated rings. The summed E-state index contributed by atoms with van der Waals surface area (Å²) in [6.07, 6.45) is 0. The third-order valence-electron chi connectivity index (χ3n) is 1.85. The summed E-state index contributed by atoms with van der Waals surface area (Å²) in [4.78, 5) is 0. The van der Waals surface area contributed by atoms with Crippen LogP contribution in [-0.2, 0) is 11.2 Å². The first-order valence-corrected chi connectivity index (χ1v) is 4.66. The molecule has 1 heterocycles. The fourth-order valence-electron chi connectivity index (χ4n) is 1.22. The molecule has 3 heteroatoms. The third kappa shape index (κ3) is 1.66. The van der Waals surface area contributed by atoms with Crippen LogP contribution in [0.2, 0.25) is 0 Å². The second-order valence-electron chi connectivity index (χ2n) is 3.99. The van der Waals surface area contributed by atoms with E-state index in [-0.39, 0.29) is 5.41 Å². The zero-order chi connectivity index (χ0) is 9.35. The van der Waals surface area contributed by atoms with Crippen LogP contribution in [0.1, 0.15) is 37.8 Å². The molecule has 0 aromatic carbocycles. The van der Waals surface area contributed by atoms with E-state index < -0.39 is 0 Å². The van der Waals surface area contributed by atoms with Crippen LogP contribution in [0.25, 0.3) is 0 Å². The predicted molar refractivity (Wildman–Crippen MR) is 52.6 cm³/mol. The SMILES string of the molecule is Cc1c(CS)noc1C(C)(C)C. The van der Waals surface area contributed by atoms with E-state index in [1.807, 2.05) is 6.92 Å². The summed E-state index contributed by atoms with van der Waals surface area (Å²) < 4.78 is 5.25. The molecule has 0 saturated carbocycles. The normalized spacial score (nSPS) is 12.1. The van der Waals surface area contributed by atoms with Crippen molar-refractivity contribution in [2.24, 2.45) is 0 Å². The van der Waals surface area contributed by atoms with Crippen LogP contribution in [-0.4, -0.2) is 5.16 Å². The van der Waals surface area contributed by atoms with Gasteiger partial charge in [-0.25, -0.2) is 0 Å². The van der Waals surface area contributed by atoms with Gasteiger partial charge in [-0.3, -0.25) is 0 Å². The fraction of sp³-hybridized carbons (Fsp3) is 0.667. The van der Waals surface area contributed by atoms with Crippen LogP contribution < -0.4 is 0 Å². The maximum atomic E-state index is 5.25. The summed E-state index contributed by atoms with van der Waals surface area (Å²) in [5, 5.41) is 3.95. The molecule has 12 heavy (non-hydrogen) atoms. The van der Waals surface area contributed by atoms with Crippen molar-refractivity contribution in [3.63, 3.8) is 0 Å². The Labute approximate surface area is 78.7 Å². The van der Waals surface area contributed by atoms with E-state index in [1.165, 1.54) is 0 Å². The van der Waals surface area contributed by atoms with E-state index in [0.717, 1.165) is 17.0 Å². The highest BCUT2D eigenvalue weighted by atomic mass is 32.1. The second-order valence-corrected chi connectivity index (χ2v) is 4.31. The first kappa shape index (κ1) is 9.65. The Hall–Kier alpha value is -0.440. The lowest BCUT2D eigenvalue weighted by Crippen LogP contribution is -2.11. The van der Waals surface area contributed by atoms with Crippen molar-refractivity contribution in [3.05, 3.63) is 17.0 Å². The molecule has 2 nitrogen and oxygen atoms in total. The van der Waals surface area contributed by atoms with Crippen LogP contribution in [0.5, 0.6) is 0 Å².